The number of para-hydroxylation sites is 1. The minimum Gasteiger partial charge on any atom is -0.338 e. The number of imidazole rings is 1. The molecule has 0 aliphatic carbocycles. The summed E-state index contributed by atoms with van der Waals surface area (Å²) >= 11 is 0.493. The summed E-state index contributed by atoms with van der Waals surface area (Å²) in [4.78, 5) is 10.2. The maximum atomic E-state index is 13.0. The Kier molecular flexibility index (Phi) is 4.30. The van der Waals surface area contributed by atoms with Crippen molar-refractivity contribution in [1.29, 1.82) is 0 Å². The second-order valence-corrected chi connectivity index (χ2v) is 6.99. The second kappa shape index (κ2) is 6.53. The molecule has 3 aromatic rings. The third-order valence-corrected chi connectivity index (χ3v) is 5.39. The molecule has 27 heavy (non-hydrogen) atoms. The molecule has 4 rings (SSSR count). The molecule has 0 radical (unpaired) electrons. The Morgan fingerprint density at radius 2 is 2.04 bits per heavy atom. The first-order chi connectivity index (χ1) is 12.9. The Bertz CT molecular complexity index is 1080. The minimum atomic E-state index is -4.40. The fourth-order valence-corrected chi connectivity index (χ4v) is 4.03. The van der Waals surface area contributed by atoms with Crippen molar-refractivity contribution in [3.05, 3.63) is 47.5 Å². The number of benzene rings is 2. The number of aryl methyl sites for hydroxylation is 1. The molecule has 0 saturated heterocycles. The number of halogens is 3. The van der Waals surface area contributed by atoms with Crippen LogP contribution in [0.15, 0.2) is 36.4 Å². The van der Waals surface area contributed by atoms with Crippen LogP contribution in [-0.4, -0.2) is 25.7 Å². The zero-order valence-electron chi connectivity index (χ0n) is 14.4. The smallest absolute Gasteiger partial charge is 0.338 e. The predicted octanol–water partition coefficient (Wildman–Crippen LogP) is 4.36. The van der Waals surface area contributed by atoms with Crippen molar-refractivity contribution in [2.24, 2.45) is 0 Å². The lowest BCUT2D eigenvalue weighted by atomic mass is 9.97. The van der Waals surface area contributed by atoms with Crippen LogP contribution in [-0.2, 0) is 23.9 Å². The van der Waals surface area contributed by atoms with Gasteiger partial charge in [0.25, 0.3) is 0 Å². The van der Waals surface area contributed by atoms with Crippen molar-refractivity contribution in [2.45, 2.75) is 25.9 Å². The topological polar surface area (TPSA) is 49.0 Å². The first kappa shape index (κ1) is 17.8. The summed E-state index contributed by atoms with van der Waals surface area (Å²) in [6, 6.07) is 9.28. The number of nitrogens with one attached hydrogen (secondary N) is 1. The molecule has 0 spiro atoms. The number of H-pyrrole nitrogens is 1. The lowest BCUT2D eigenvalue weighted by Gasteiger charge is -2.32. The minimum absolute atomic E-state index is 0.332. The fourth-order valence-electron chi connectivity index (χ4n) is 3.54. The molecule has 0 amide bonds. The number of fused-ring (bicyclic) bond motifs is 2. The number of aromatic amines is 1. The highest BCUT2D eigenvalue weighted by Gasteiger charge is 2.31. The van der Waals surface area contributed by atoms with Gasteiger partial charge in [0.1, 0.15) is 22.1 Å². The molecule has 0 unspecified atom stereocenters. The molecule has 0 fully saturated rings. The maximum absolute atomic E-state index is 13.0. The summed E-state index contributed by atoms with van der Waals surface area (Å²) in [6.07, 6.45) is -2.96. The highest BCUT2D eigenvalue weighted by Crippen LogP contribution is 2.38. The van der Waals surface area contributed by atoms with Crippen LogP contribution in [0.5, 0.6) is 0 Å². The Hall–Kier alpha value is -2.61. The molecule has 0 atom stereocenters. The van der Waals surface area contributed by atoms with Crippen LogP contribution in [0.1, 0.15) is 24.5 Å². The van der Waals surface area contributed by atoms with E-state index in [-0.39, 0.29) is 0 Å². The van der Waals surface area contributed by atoms with Crippen molar-refractivity contribution >= 4 is 33.0 Å². The van der Waals surface area contributed by atoms with E-state index >= 15 is 0 Å². The largest absolute Gasteiger partial charge is 0.416 e. The third kappa shape index (κ3) is 3.03. The van der Waals surface area contributed by atoms with Gasteiger partial charge in [0.2, 0.25) is 0 Å². The quantitative estimate of drug-likeness (QED) is 0.660. The molecular weight excluding hydrogens is 375 g/mol. The Morgan fingerprint density at radius 1 is 1.22 bits per heavy atom. The maximum Gasteiger partial charge on any atom is 0.416 e. The van der Waals surface area contributed by atoms with E-state index in [2.05, 4.69) is 9.97 Å². The Labute approximate surface area is 157 Å². The molecule has 2 aromatic carbocycles. The number of alkyl halides is 3. The number of aromatic nitrogens is 2. The molecule has 2 heterocycles. The molecule has 140 valence electrons. The van der Waals surface area contributed by atoms with Gasteiger partial charge >= 0.3 is 6.18 Å². The van der Waals surface area contributed by atoms with Crippen LogP contribution in [0.25, 0.3) is 22.4 Å². The van der Waals surface area contributed by atoms with Gasteiger partial charge in [-0.05, 0) is 43.2 Å². The van der Waals surface area contributed by atoms with Gasteiger partial charge in [-0.2, -0.15) is 13.2 Å². The van der Waals surface area contributed by atoms with Gasteiger partial charge in [0.15, 0.2) is 0 Å². The van der Waals surface area contributed by atoms with E-state index in [4.69, 9.17) is 0 Å². The van der Waals surface area contributed by atoms with Crippen molar-refractivity contribution < 1.29 is 17.4 Å². The van der Waals surface area contributed by atoms with E-state index in [0.717, 1.165) is 40.4 Å². The number of hydrogen-bond donors (Lipinski definition) is 1. The summed E-state index contributed by atoms with van der Waals surface area (Å²) in [5, 5.41) is 0. The fraction of sp³-hybridized carbons (Fsp3) is 0.263. The van der Waals surface area contributed by atoms with E-state index in [1.807, 2.05) is 30.0 Å². The van der Waals surface area contributed by atoms with Gasteiger partial charge in [0.05, 0.1) is 22.3 Å². The summed E-state index contributed by atoms with van der Waals surface area (Å²) in [7, 11) is 0. The predicted molar refractivity (Wildman–Crippen MR) is 101 cm³/mol. The second-order valence-electron chi connectivity index (χ2n) is 6.35. The average molecular weight is 391 g/mol. The molecule has 0 bridgehead atoms. The van der Waals surface area contributed by atoms with E-state index in [1.54, 1.807) is 0 Å². The van der Waals surface area contributed by atoms with Crippen molar-refractivity contribution in [3.63, 3.8) is 0 Å². The van der Waals surface area contributed by atoms with Crippen molar-refractivity contribution in [3.8, 4) is 11.4 Å². The van der Waals surface area contributed by atoms with Crippen molar-refractivity contribution in [2.75, 3.05) is 11.4 Å². The van der Waals surface area contributed by atoms with Gasteiger partial charge in [0, 0.05) is 18.5 Å². The zero-order valence-corrected chi connectivity index (χ0v) is 15.2. The average Bonchev–Trinajstić information content (AvgIpc) is 3.08. The summed E-state index contributed by atoms with van der Waals surface area (Å²) in [5.41, 5.74) is 2.87. The van der Waals surface area contributed by atoms with Crippen LogP contribution in [0, 0.1) is 0 Å². The summed E-state index contributed by atoms with van der Waals surface area (Å²) < 4.78 is 50.4. The molecule has 1 aliphatic heterocycles. The van der Waals surface area contributed by atoms with Gasteiger partial charge in [-0.15, -0.1) is 0 Å². The van der Waals surface area contributed by atoms with Crippen LogP contribution in [0.4, 0.5) is 18.9 Å². The summed E-state index contributed by atoms with van der Waals surface area (Å²) in [6.45, 7) is 2.60. The van der Waals surface area contributed by atoms with Gasteiger partial charge in [-0.3, -0.25) is 0 Å². The normalized spacial score (nSPS) is 14.5. The summed E-state index contributed by atoms with van der Waals surface area (Å²) in [5.74, 6) is 0.497. The molecule has 1 aliphatic rings. The van der Waals surface area contributed by atoms with Gasteiger partial charge < -0.3 is 9.88 Å². The van der Waals surface area contributed by atoms with E-state index in [0.29, 0.717) is 41.1 Å². The molecule has 1 aromatic heterocycles. The zero-order chi connectivity index (χ0) is 19.2. The number of hydrogen-bond acceptors (Lipinski definition) is 2. The van der Waals surface area contributed by atoms with Crippen LogP contribution >= 0.6 is 0 Å². The first-order valence-corrected chi connectivity index (χ1v) is 9.29. The van der Waals surface area contributed by atoms with E-state index in [1.165, 1.54) is 6.07 Å². The van der Waals surface area contributed by atoms with E-state index < -0.39 is 11.7 Å². The molecule has 0 saturated carbocycles. The number of rotatable bonds is 2. The SMILES string of the molecule is CCN1C(=S=O)CCc2cccc(-c3nc4ccc(C(F)(F)F)cc4[nH]3)c21. The molecule has 8 heteroatoms. The van der Waals surface area contributed by atoms with E-state index in [9.17, 15) is 17.4 Å². The first-order valence-electron chi connectivity index (χ1n) is 8.54. The molecule has 1 N–H and O–H groups in total. The van der Waals surface area contributed by atoms with Crippen LogP contribution in [0.3, 0.4) is 0 Å². The third-order valence-electron chi connectivity index (χ3n) is 4.78. The van der Waals surface area contributed by atoms with Crippen LogP contribution < -0.4 is 4.90 Å². The standard InChI is InChI=1S/C19H16F3N3OS/c1-2-25-16(27-26)9-6-11-4-3-5-13(17(11)25)18-23-14-8-7-12(19(20,21)22)10-15(14)24-18/h3-5,7-8,10H,2,6,9H2,1H3,(H,23,24). The highest BCUT2D eigenvalue weighted by atomic mass is 32.1. The van der Waals surface area contributed by atoms with Gasteiger partial charge in [-0.1, -0.05) is 12.1 Å². The monoisotopic (exact) mass is 391 g/mol. The van der Waals surface area contributed by atoms with Crippen LogP contribution in [0.2, 0.25) is 0 Å². The Balaban J connectivity index is 1.89. The lowest BCUT2D eigenvalue weighted by molar-refractivity contribution is -0.137. The molecular formula is C19H16F3N3OS. The van der Waals surface area contributed by atoms with Crippen molar-refractivity contribution in [1.82, 2.24) is 9.97 Å². The highest BCUT2D eigenvalue weighted by molar-refractivity contribution is 7.66. The molecule has 4 nitrogen and oxygen atoms in total. The number of nitrogens with zero attached hydrogens (tertiary/aromatic N) is 2. The lowest BCUT2D eigenvalue weighted by Crippen LogP contribution is -2.35. The van der Waals surface area contributed by atoms with Gasteiger partial charge in [-0.25, -0.2) is 9.19 Å². The Morgan fingerprint density at radius 3 is 2.74 bits per heavy atom. The number of anilines is 1.